The first kappa shape index (κ1) is 14.5. The number of carbonyl (C=O) groups is 1. The van der Waals surface area contributed by atoms with Crippen LogP contribution >= 0.6 is 0 Å². The van der Waals surface area contributed by atoms with Crippen LogP contribution in [0.5, 0.6) is 0 Å². The minimum Gasteiger partial charge on any atom is -0.423 e. The maximum atomic E-state index is 12.6. The molecule has 2 aromatic heterocycles. The van der Waals surface area contributed by atoms with Gasteiger partial charge in [0.25, 0.3) is 0 Å². The number of rotatable bonds is 3. The van der Waals surface area contributed by atoms with E-state index in [1.165, 1.54) is 6.07 Å². The van der Waals surface area contributed by atoms with E-state index in [0.29, 0.717) is 17.6 Å². The van der Waals surface area contributed by atoms with Gasteiger partial charge in [0.1, 0.15) is 5.58 Å². The van der Waals surface area contributed by atoms with Crippen molar-refractivity contribution in [1.29, 1.82) is 0 Å². The summed E-state index contributed by atoms with van der Waals surface area (Å²) in [7, 11) is 0. The van der Waals surface area contributed by atoms with Crippen LogP contribution in [0.2, 0.25) is 0 Å². The van der Waals surface area contributed by atoms with Crippen molar-refractivity contribution < 1.29 is 9.21 Å². The molecule has 4 rings (SSSR count). The van der Waals surface area contributed by atoms with E-state index in [0.717, 1.165) is 27.4 Å². The topological polar surface area (TPSA) is 63.1 Å². The minimum absolute atomic E-state index is 0.00376. The van der Waals surface area contributed by atoms with Gasteiger partial charge in [0, 0.05) is 35.2 Å². The van der Waals surface area contributed by atoms with Gasteiger partial charge in [0.2, 0.25) is 0 Å². The van der Waals surface area contributed by atoms with E-state index in [9.17, 15) is 9.59 Å². The van der Waals surface area contributed by atoms with Crippen LogP contribution in [0.1, 0.15) is 21.5 Å². The molecule has 24 heavy (non-hydrogen) atoms. The van der Waals surface area contributed by atoms with Crippen molar-refractivity contribution in [3.8, 4) is 0 Å². The van der Waals surface area contributed by atoms with Crippen LogP contribution in [-0.2, 0) is 6.42 Å². The van der Waals surface area contributed by atoms with Crippen molar-refractivity contribution >= 4 is 27.7 Å². The number of hydrogen-bond acceptors (Lipinski definition) is 3. The Morgan fingerprint density at radius 1 is 1.08 bits per heavy atom. The third-order valence-electron chi connectivity index (χ3n) is 4.26. The number of ketones is 1. The average molecular weight is 317 g/mol. The number of benzene rings is 2. The third-order valence-corrected chi connectivity index (χ3v) is 4.26. The smallest absolute Gasteiger partial charge is 0.336 e. The zero-order valence-corrected chi connectivity index (χ0v) is 13.1. The van der Waals surface area contributed by atoms with Gasteiger partial charge in [-0.05, 0) is 47.7 Å². The van der Waals surface area contributed by atoms with Crippen molar-refractivity contribution in [2.24, 2.45) is 0 Å². The molecule has 0 bridgehead atoms. The third kappa shape index (κ3) is 2.52. The number of hydrogen-bond donors (Lipinski definition) is 1. The van der Waals surface area contributed by atoms with Crippen molar-refractivity contribution in [2.45, 2.75) is 13.3 Å². The second-order valence-electron chi connectivity index (χ2n) is 5.96. The Balaban J connectivity index is 1.68. The second-order valence-corrected chi connectivity index (χ2v) is 5.96. The monoisotopic (exact) mass is 317 g/mol. The fraction of sp³-hybridized carbons (Fsp3) is 0.100. The van der Waals surface area contributed by atoms with E-state index in [-0.39, 0.29) is 5.78 Å². The summed E-state index contributed by atoms with van der Waals surface area (Å²) >= 11 is 0. The van der Waals surface area contributed by atoms with Gasteiger partial charge >= 0.3 is 5.63 Å². The lowest BCUT2D eigenvalue weighted by atomic mass is 10.0. The molecule has 2 heterocycles. The summed E-state index contributed by atoms with van der Waals surface area (Å²) in [6.07, 6.45) is 2.19. The van der Waals surface area contributed by atoms with Gasteiger partial charge in [-0.3, -0.25) is 4.79 Å². The summed E-state index contributed by atoms with van der Waals surface area (Å²) in [6.45, 7) is 1.85. The standard InChI is InChI=1S/C20H15NO3/c1-12-8-20(23)24-19-11-15(3-4-16(12)19)18(22)10-13-2-5-17-14(9-13)6-7-21-17/h2-9,11,21H,10H2,1H3. The summed E-state index contributed by atoms with van der Waals surface area (Å²) in [6, 6.07) is 14.6. The van der Waals surface area contributed by atoms with Crippen LogP contribution in [0.25, 0.3) is 21.9 Å². The molecule has 4 nitrogen and oxygen atoms in total. The Hall–Kier alpha value is -3.14. The molecule has 0 aliphatic heterocycles. The Kier molecular flexibility index (Phi) is 3.31. The zero-order chi connectivity index (χ0) is 16.7. The Morgan fingerprint density at radius 2 is 1.96 bits per heavy atom. The van der Waals surface area contributed by atoms with Gasteiger partial charge in [-0.25, -0.2) is 4.79 Å². The number of nitrogens with one attached hydrogen (secondary N) is 1. The number of Topliss-reactive ketones (excluding diaryl/α,β-unsaturated/α-hetero) is 1. The van der Waals surface area contributed by atoms with Crippen LogP contribution in [-0.4, -0.2) is 10.8 Å². The highest BCUT2D eigenvalue weighted by atomic mass is 16.4. The highest BCUT2D eigenvalue weighted by Gasteiger charge is 2.11. The first-order chi connectivity index (χ1) is 11.6. The first-order valence-corrected chi connectivity index (χ1v) is 7.74. The molecule has 0 aliphatic rings. The molecule has 1 N–H and O–H groups in total. The van der Waals surface area contributed by atoms with Crippen LogP contribution < -0.4 is 5.63 Å². The van der Waals surface area contributed by atoms with Crippen molar-refractivity contribution in [2.75, 3.05) is 0 Å². The molecule has 118 valence electrons. The molecule has 4 heteroatoms. The fourth-order valence-electron chi connectivity index (χ4n) is 3.00. The molecule has 4 aromatic rings. The first-order valence-electron chi connectivity index (χ1n) is 7.74. The molecule has 0 spiro atoms. The molecular formula is C20H15NO3. The lowest BCUT2D eigenvalue weighted by Gasteiger charge is -2.05. The Bertz CT molecular complexity index is 1130. The summed E-state index contributed by atoms with van der Waals surface area (Å²) in [5.41, 5.74) is 3.45. The minimum atomic E-state index is -0.400. The Morgan fingerprint density at radius 3 is 2.83 bits per heavy atom. The highest BCUT2D eigenvalue weighted by molar-refractivity contribution is 6.00. The van der Waals surface area contributed by atoms with Crippen molar-refractivity contribution in [3.05, 3.63) is 81.8 Å². The number of H-pyrrole nitrogens is 1. The number of aromatic nitrogens is 1. The molecule has 0 fully saturated rings. The van der Waals surface area contributed by atoms with E-state index in [1.807, 2.05) is 43.5 Å². The van der Waals surface area contributed by atoms with Crippen LogP contribution in [0.3, 0.4) is 0 Å². The van der Waals surface area contributed by atoms with Gasteiger partial charge in [0.15, 0.2) is 5.78 Å². The van der Waals surface area contributed by atoms with Gasteiger partial charge in [0.05, 0.1) is 0 Å². The predicted molar refractivity (Wildman–Crippen MR) is 93.6 cm³/mol. The van der Waals surface area contributed by atoms with Gasteiger partial charge in [-0.15, -0.1) is 0 Å². The molecule has 0 unspecified atom stereocenters. The molecular weight excluding hydrogens is 302 g/mol. The van der Waals surface area contributed by atoms with Gasteiger partial charge in [-0.1, -0.05) is 18.2 Å². The second kappa shape index (κ2) is 5.49. The average Bonchev–Trinajstić information content (AvgIpc) is 3.01. The zero-order valence-electron chi connectivity index (χ0n) is 13.1. The quantitative estimate of drug-likeness (QED) is 0.459. The van der Waals surface area contributed by atoms with E-state index in [2.05, 4.69) is 4.98 Å². The number of aryl methyl sites for hydroxylation is 1. The molecule has 0 amide bonds. The SMILES string of the molecule is Cc1cc(=O)oc2cc(C(=O)Cc3ccc4[nH]ccc4c3)ccc12. The largest absolute Gasteiger partial charge is 0.423 e. The number of aromatic amines is 1. The lowest BCUT2D eigenvalue weighted by Crippen LogP contribution is -2.04. The summed E-state index contributed by atoms with van der Waals surface area (Å²) in [4.78, 5) is 27.2. The summed E-state index contributed by atoms with van der Waals surface area (Å²) < 4.78 is 5.22. The fourth-order valence-corrected chi connectivity index (χ4v) is 3.00. The van der Waals surface area contributed by atoms with E-state index in [4.69, 9.17) is 4.42 Å². The number of fused-ring (bicyclic) bond motifs is 2. The van der Waals surface area contributed by atoms with Gasteiger partial charge in [-0.2, -0.15) is 0 Å². The van der Waals surface area contributed by atoms with E-state index >= 15 is 0 Å². The summed E-state index contributed by atoms with van der Waals surface area (Å²) in [5.74, 6) is -0.00376. The van der Waals surface area contributed by atoms with Crippen molar-refractivity contribution in [1.82, 2.24) is 4.98 Å². The molecule has 2 aromatic carbocycles. The van der Waals surface area contributed by atoms with Crippen LogP contribution in [0.15, 0.2) is 63.9 Å². The maximum absolute atomic E-state index is 12.6. The summed E-state index contributed by atoms with van der Waals surface area (Å²) in [5, 5.41) is 1.93. The Labute approximate surface area is 137 Å². The predicted octanol–water partition coefficient (Wildman–Crippen LogP) is 4.01. The van der Waals surface area contributed by atoms with Gasteiger partial charge < -0.3 is 9.40 Å². The maximum Gasteiger partial charge on any atom is 0.336 e. The molecule has 0 atom stereocenters. The molecule has 0 saturated heterocycles. The molecule has 0 aliphatic carbocycles. The number of carbonyl (C=O) groups excluding carboxylic acids is 1. The van der Waals surface area contributed by atoms with Crippen LogP contribution in [0, 0.1) is 6.92 Å². The lowest BCUT2D eigenvalue weighted by molar-refractivity contribution is 0.0993. The van der Waals surface area contributed by atoms with Crippen molar-refractivity contribution in [3.63, 3.8) is 0 Å². The highest BCUT2D eigenvalue weighted by Crippen LogP contribution is 2.20. The normalized spacial score (nSPS) is 11.2. The van der Waals surface area contributed by atoms with Crippen LogP contribution in [0.4, 0.5) is 0 Å². The van der Waals surface area contributed by atoms with E-state index < -0.39 is 5.63 Å². The molecule has 0 saturated carbocycles. The molecule has 0 radical (unpaired) electrons. The van der Waals surface area contributed by atoms with E-state index in [1.54, 1.807) is 12.1 Å².